The molecule has 150 valence electrons. The summed E-state index contributed by atoms with van der Waals surface area (Å²) < 4.78 is 28.9. The van der Waals surface area contributed by atoms with Gasteiger partial charge in [0.05, 0.1) is 4.90 Å². The number of hydrogen-bond donors (Lipinski definition) is 0. The Kier molecular flexibility index (Phi) is 6.36. The largest absolute Gasteiger partial charge is 0.340 e. The van der Waals surface area contributed by atoms with Gasteiger partial charge >= 0.3 is 0 Å². The summed E-state index contributed by atoms with van der Waals surface area (Å²) in [5.74, 6) is -0.277. The van der Waals surface area contributed by atoms with E-state index in [2.05, 4.69) is 15.9 Å². The summed E-state index contributed by atoms with van der Waals surface area (Å²) >= 11 is 3.37. The summed E-state index contributed by atoms with van der Waals surface area (Å²) in [6.45, 7) is 1.15. The third-order valence-corrected chi connectivity index (χ3v) is 7.13. The molecule has 2 aromatic rings. The number of hydrogen-bond acceptors (Lipinski definition) is 4. The van der Waals surface area contributed by atoms with Crippen LogP contribution in [0.3, 0.4) is 0 Å². The van der Waals surface area contributed by atoms with Gasteiger partial charge in [0, 0.05) is 43.4 Å². The molecule has 0 radical (unpaired) electrons. The van der Waals surface area contributed by atoms with Crippen LogP contribution in [-0.4, -0.2) is 48.2 Å². The Morgan fingerprint density at radius 3 is 2.39 bits per heavy atom. The number of pyridine rings is 1. The van der Waals surface area contributed by atoms with E-state index in [1.807, 2.05) is 24.3 Å². The number of carbonyl (C=O) groups excluding carboxylic acids is 1. The number of amides is 1. The van der Waals surface area contributed by atoms with E-state index in [-0.39, 0.29) is 17.3 Å². The van der Waals surface area contributed by atoms with Gasteiger partial charge in [-0.25, -0.2) is 8.42 Å². The Morgan fingerprint density at radius 2 is 1.75 bits per heavy atom. The highest BCUT2D eigenvalue weighted by Gasteiger charge is 2.27. The SMILES string of the molecule is CN(Cc1ccc(Br)cc1)C(=O)Cn1cc(S(=O)(=O)N2CCCC2)ccc1=O. The lowest BCUT2D eigenvalue weighted by Crippen LogP contribution is -2.34. The van der Waals surface area contributed by atoms with Crippen molar-refractivity contribution in [3.63, 3.8) is 0 Å². The van der Waals surface area contributed by atoms with Crippen molar-refractivity contribution in [1.82, 2.24) is 13.8 Å². The molecule has 0 saturated carbocycles. The molecular weight excluding hydrogens is 446 g/mol. The van der Waals surface area contributed by atoms with Crippen LogP contribution in [0, 0.1) is 0 Å². The number of benzene rings is 1. The van der Waals surface area contributed by atoms with Gasteiger partial charge in [-0.05, 0) is 36.6 Å². The van der Waals surface area contributed by atoms with Crippen molar-refractivity contribution in [3.05, 3.63) is 63.0 Å². The van der Waals surface area contributed by atoms with Gasteiger partial charge in [0.15, 0.2) is 0 Å². The zero-order valence-corrected chi connectivity index (χ0v) is 17.9. The van der Waals surface area contributed by atoms with Crippen LogP contribution in [0.5, 0.6) is 0 Å². The molecule has 1 aromatic carbocycles. The van der Waals surface area contributed by atoms with Crippen molar-refractivity contribution in [2.24, 2.45) is 0 Å². The fraction of sp³-hybridized carbons (Fsp3) is 0.368. The molecular formula is C19H22BrN3O4S. The van der Waals surface area contributed by atoms with E-state index in [1.165, 1.54) is 27.5 Å². The lowest BCUT2D eigenvalue weighted by Gasteiger charge is -2.19. The number of carbonyl (C=O) groups is 1. The monoisotopic (exact) mass is 467 g/mol. The highest BCUT2D eigenvalue weighted by Crippen LogP contribution is 2.19. The van der Waals surface area contributed by atoms with Crippen molar-refractivity contribution in [1.29, 1.82) is 0 Å². The van der Waals surface area contributed by atoms with Gasteiger partial charge in [0.2, 0.25) is 15.9 Å². The Labute approximate surface area is 172 Å². The second-order valence-electron chi connectivity index (χ2n) is 6.82. The number of likely N-dealkylation sites (N-methyl/N-ethyl adjacent to an activating group) is 1. The van der Waals surface area contributed by atoms with Gasteiger partial charge in [-0.3, -0.25) is 9.59 Å². The van der Waals surface area contributed by atoms with Crippen LogP contribution in [0.2, 0.25) is 0 Å². The highest BCUT2D eigenvalue weighted by atomic mass is 79.9. The van der Waals surface area contributed by atoms with Crippen molar-refractivity contribution >= 4 is 31.9 Å². The molecule has 1 saturated heterocycles. The summed E-state index contributed by atoms with van der Waals surface area (Å²) in [7, 11) is -1.99. The average molecular weight is 468 g/mol. The molecule has 0 spiro atoms. The van der Waals surface area contributed by atoms with E-state index in [4.69, 9.17) is 0 Å². The molecule has 1 fully saturated rings. The molecule has 9 heteroatoms. The molecule has 1 amide bonds. The van der Waals surface area contributed by atoms with Gasteiger partial charge < -0.3 is 9.47 Å². The first kappa shape index (κ1) is 20.8. The molecule has 2 heterocycles. The maximum atomic E-state index is 12.7. The van der Waals surface area contributed by atoms with Crippen LogP contribution in [-0.2, 0) is 27.9 Å². The maximum absolute atomic E-state index is 12.7. The van der Waals surface area contributed by atoms with Gasteiger partial charge in [0.25, 0.3) is 5.56 Å². The zero-order chi connectivity index (χ0) is 20.3. The predicted octanol–water partition coefficient (Wildman–Crippen LogP) is 2.05. The number of sulfonamides is 1. The number of rotatable bonds is 6. The number of nitrogens with zero attached hydrogens (tertiary/aromatic N) is 3. The van der Waals surface area contributed by atoms with Gasteiger partial charge in [-0.15, -0.1) is 0 Å². The van der Waals surface area contributed by atoms with Gasteiger partial charge in [-0.1, -0.05) is 28.1 Å². The van der Waals surface area contributed by atoms with Crippen LogP contribution >= 0.6 is 15.9 Å². The quantitative estimate of drug-likeness (QED) is 0.650. The summed E-state index contributed by atoms with van der Waals surface area (Å²) in [4.78, 5) is 26.3. The minimum absolute atomic E-state index is 0.0392. The van der Waals surface area contributed by atoms with Crippen molar-refractivity contribution in [2.45, 2.75) is 30.8 Å². The minimum Gasteiger partial charge on any atom is -0.340 e. The van der Waals surface area contributed by atoms with Crippen molar-refractivity contribution in [3.8, 4) is 0 Å². The molecule has 1 aromatic heterocycles. The number of halogens is 1. The second-order valence-corrected chi connectivity index (χ2v) is 9.67. The van der Waals surface area contributed by atoms with Gasteiger partial charge in [0.1, 0.15) is 6.54 Å². The smallest absolute Gasteiger partial charge is 0.251 e. The molecule has 3 rings (SSSR count). The molecule has 0 unspecified atom stereocenters. The maximum Gasteiger partial charge on any atom is 0.251 e. The van der Waals surface area contributed by atoms with Crippen LogP contribution in [0.25, 0.3) is 0 Å². The van der Waals surface area contributed by atoms with E-state index in [1.54, 1.807) is 7.05 Å². The Balaban J connectivity index is 1.75. The molecule has 0 bridgehead atoms. The highest BCUT2D eigenvalue weighted by molar-refractivity contribution is 9.10. The third kappa shape index (κ3) is 4.71. The third-order valence-electron chi connectivity index (χ3n) is 4.72. The summed E-state index contributed by atoms with van der Waals surface area (Å²) in [6.07, 6.45) is 2.93. The molecule has 0 atom stereocenters. The fourth-order valence-corrected chi connectivity index (χ4v) is 4.88. The zero-order valence-electron chi connectivity index (χ0n) is 15.5. The lowest BCUT2D eigenvalue weighted by molar-refractivity contribution is -0.131. The standard InChI is InChI=1S/C19H22BrN3O4S/c1-21(12-15-4-6-16(20)7-5-15)19(25)14-22-13-17(8-9-18(22)24)28(26,27)23-10-2-3-11-23/h4-9,13H,2-3,10-12,14H2,1H3. The molecule has 28 heavy (non-hydrogen) atoms. The van der Waals surface area contributed by atoms with Crippen LogP contribution in [0.15, 0.2) is 56.8 Å². The summed E-state index contributed by atoms with van der Waals surface area (Å²) in [5.41, 5.74) is 0.544. The van der Waals surface area contributed by atoms with Crippen LogP contribution < -0.4 is 5.56 Å². The lowest BCUT2D eigenvalue weighted by atomic mass is 10.2. The Hall–Kier alpha value is -1.97. The molecule has 0 aliphatic carbocycles. The summed E-state index contributed by atoms with van der Waals surface area (Å²) in [6, 6.07) is 10.1. The first-order valence-electron chi connectivity index (χ1n) is 8.96. The predicted molar refractivity (Wildman–Crippen MR) is 109 cm³/mol. The van der Waals surface area contributed by atoms with Gasteiger partial charge in [-0.2, -0.15) is 4.31 Å². The van der Waals surface area contributed by atoms with E-state index < -0.39 is 15.6 Å². The van der Waals surface area contributed by atoms with Crippen LogP contribution in [0.1, 0.15) is 18.4 Å². The van der Waals surface area contributed by atoms with Crippen molar-refractivity contribution < 1.29 is 13.2 Å². The summed E-state index contributed by atoms with van der Waals surface area (Å²) in [5, 5.41) is 0. The van der Waals surface area contributed by atoms with Crippen LogP contribution in [0.4, 0.5) is 0 Å². The topological polar surface area (TPSA) is 79.7 Å². The average Bonchev–Trinajstić information content (AvgIpc) is 3.20. The molecule has 0 N–H and O–H groups in total. The fourth-order valence-electron chi connectivity index (χ4n) is 3.08. The normalized spacial score (nSPS) is 14.9. The Morgan fingerprint density at radius 1 is 1.11 bits per heavy atom. The molecule has 1 aliphatic heterocycles. The van der Waals surface area contributed by atoms with E-state index >= 15 is 0 Å². The van der Waals surface area contributed by atoms with E-state index in [0.717, 1.165) is 27.4 Å². The molecule has 1 aliphatic rings. The van der Waals surface area contributed by atoms with E-state index in [9.17, 15) is 18.0 Å². The number of aromatic nitrogens is 1. The van der Waals surface area contributed by atoms with Crippen molar-refractivity contribution in [2.75, 3.05) is 20.1 Å². The second kappa shape index (κ2) is 8.59. The Bertz CT molecular complexity index is 1010. The molecule has 7 nitrogen and oxygen atoms in total. The first-order chi connectivity index (χ1) is 13.3. The first-order valence-corrected chi connectivity index (χ1v) is 11.2. The minimum atomic E-state index is -3.64. The van der Waals surface area contributed by atoms with E-state index in [0.29, 0.717) is 19.6 Å².